The molecule has 6 heteroatoms. The van der Waals surface area contributed by atoms with Crippen LogP contribution >= 0.6 is 46.1 Å². The molecule has 2 heterocycles. The lowest BCUT2D eigenvalue weighted by Gasteiger charge is -2.03. The highest BCUT2D eigenvalue weighted by Gasteiger charge is 2.17. The minimum absolute atomic E-state index is 0.636. The van der Waals surface area contributed by atoms with Gasteiger partial charge in [-0.15, -0.1) is 11.3 Å². The van der Waals surface area contributed by atoms with Crippen LogP contribution in [0.5, 0.6) is 0 Å². The molecule has 0 aliphatic carbocycles. The highest BCUT2D eigenvalue weighted by molar-refractivity contribution is 7.19. The number of nitrogens with two attached hydrogens (primary N) is 1. The summed E-state index contributed by atoms with van der Waals surface area (Å²) in [6.45, 7) is 0.698. The molecule has 3 aromatic rings. The molecule has 2 aromatic heterocycles. The van der Waals surface area contributed by atoms with E-state index < -0.39 is 0 Å². The van der Waals surface area contributed by atoms with Crippen LogP contribution in [0.4, 0.5) is 0 Å². The first kappa shape index (κ1) is 16.2. The van der Waals surface area contributed by atoms with Crippen LogP contribution in [-0.4, -0.2) is 11.5 Å². The van der Waals surface area contributed by atoms with Gasteiger partial charge in [0.15, 0.2) is 0 Å². The van der Waals surface area contributed by atoms with Crippen molar-refractivity contribution < 1.29 is 0 Å². The number of aromatic amines is 1. The standard InChI is InChI=1S/C16H15Cl3N2S/c17-9-7-11-10(3-1-2-6-20)16(13-4-5-14(19)22-13)21-15(11)12(18)8-9/h4-5,7-8,21H,1-3,6,20H2. The zero-order valence-electron chi connectivity index (χ0n) is 11.8. The monoisotopic (exact) mass is 372 g/mol. The van der Waals surface area contributed by atoms with E-state index in [9.17, 15) is 0 Å². The fourth-order valence-electron chi connectivity index (χ4n) is 2.64. The number of aromatic nitrogens is 1. The number of unbranched alkanes of at least 4 members (excludes halogenated alkanes) is 1. The van der Waals surface area contributed by atoms with E-state index in [0.29, 0.717) is 16.6 Å². The van der Waals surface area contributed by atoms with Crippen molar-refractivity contribution in [3.63, 3.8) is 0 Å². The molecule has 0 atom stereocenters. The van der Waals surface area contributed by atoms with Crippen molar-refractivity contribution in [2.45, 2.75) is 19.3 Å². The van der Waals surface area contributed by atoms with E-state index in [4.69, 9.17) is 40.5 Å². The Morgan fingerprint density at radius 3 is 2.59 bits per heavy atom. The van der Waals surface area contributed by atoms with Crippen LogP contribution in [0.3, 0.4) is 0 Å². The number of H-pyrrole nitrogens is 1. The van der Waals surface area contributed by atoms with E-state index >= 15 is 0 Å². The molecule has 1 aromatic carbocycles. The number of benzene rings is 1. The highest BCUT2D eigenvalue weighted by Crippen LogP contribution is 2.39. The molecule has 0 aliphatic heterocycles. The molecular formula is C16H15Cl3N2S. The molecule has 0 saturated carbocycles. The van der Waals surface area contributed by atoms with E-state index in [1.165, 1.54) is 5.56 Å². The molecule has 3 rings (SSSR count). The van der Waals surface area contributed by atoms with Gasteiger partial charge in [-0.25, -0.2) is 0 Å². The van der Waals surface area contributed by atoms with Crippen molar-refractivity contribution in [1.82, 2.24) is 4.98 Å². The second kappa shape index (κ2) is 6.81. The predicted molar refractivity (Wildman–Crippen MR) is 98.6 cm³/mol. The van der Waals surface area contributed by atoms with Crippen LogP contribution < -0.4 is 5.73 Å². The van der Waals surface area contributed by atoms with Crippen LogP contribution in [0.1, 0.15) is 18.4 Å². The third-order valence-electron chi connectivity index (χ3n) is 3.63. The van der Waals surface area contributed by atoms with Gasteiger partial charge in [0.1, 0.15) is 0 Å². The first-order valence-corrected chi connectivity index (χ1v) is 9.00. The van der Waals surface area contributed by atoms with Crippen LogP contribution in [0.25, 0.3) is 21.5 Å². The van der Waals surface area contributed by atoms with E-state index in [1.54, 1.807) is 17.4 Å². The molecule has 0 aliphatic rings. The van der Waals surface area contributed by atoms with Gasteiger partial charge in [-0.2, -0.15) is 0 Å². The topological polar surface area (TPSA) is 41.8 Å². The Balaban J connectivity index is 2.16. The number of nitrogens with one attached hydrogen (secondary N) is 1. The molecule has 0 radical (unpaired) electrons. The summed E-state index contributed by atoms with van der Waals surface area (Å²) >= 11 is 20.2. The summed E-state index contributed by atoms with van der Waals surface area (Å²) in [7, 11) is 0. The van der Waals surface area contributed by atoms with Crippen LogP contribution in [0.15, 0.2) is 24.3 Å². The van der Waals surface area contributed by atoms with Gasteiger partial charge in [0.2, 0.25) is 0 Å². The Kier molecular flexibility index (Phi) is 5.00. The second-order valence-electron chi connectivity index (χ2n) is 5.14. The molecule has 0 fully saturated rings. The van der Waals surface area contributed by atoms with Crippen LogP contribution in [0.2, 0.25) is 14.4 Å². The molecule has 0 unspecified atom stereocenters. The Morgan fingerprint density at radius 2 is 1.91 bits per heavy atom. The third-order valence-corrected chi connectivity index (χ3v) is 5.40. The number of hydrogen-bond donors (Lipinski definition) is 2. The lowest BCUT2D eigenvalue weighted by Crippen LogP contribution is -1.99. The molecule has 0 spiro atoms. The van der Waals surface area contributed by atoms with Crippen molar-refractivity contribution in [3.05, 3.63) is 44.2 Å². The summed E-state index contributed by atoms with van der Waals surface area (Å²) in [5, 5.41) is 2.36. The number of hydrogen-bond acceptors (Lipinski definition) is 2. The average Bonchev–Trinajstić information content (AvgIpc) is 3.04. The quantitative estimate of drug-likeness (QED) is 0.518. The van der Waals surface area contributed by atoms with Gasteiger partial charge in [0.05, 0.1) is 25.4 Å². The fraction of sp³-hybridized carbons (Fsp3) is 0.250. The van der Waals surface area contributed by atoms with Gasteiger partial charge in [0.25, 0.3) is 0 Å². The van der Waals surface area contributed by atoms with Gasteiger partial charge >= 0.3 is 0 Å². The van der Waals surface area contributed by atoms with Crippen molar-refractivity contribution in [3.8, 4) is 10.6 Å². The maximum Gasteiger partial charge on any atom is 0.0935 e. The number of aryl methyl sites for hydroxylation is 1. The maximum atomic E-state index is 6.34. The largest absolute Gasteiger partial charge is 0.352 e. The smallest absolute Gasteiger partial charge is 0.0935 e. The molecule has 0 bridgehead atoms. The molecular weight excluding hydrogens is 359 g/mol. The Hall–Kier alpha value is -0.710. The zero-order chi connectivity index (χ0) is 15.7. The summed E-state index contributed by atoms with van der Waals surface area (Å²) in [6.07, 6.45) is 2.95. The van der Waals surface area contributed by atoms with Crippen molar-refractivity contribution in [1.29, 1.82) is 0 Å². The minimum atomic E-state index is 0.636. The summed E-state index contributed by atoms with van der Waals surface area (Å²) in [6, 6.07) is 7.66. The number of fused-ring (bicyclic) bond motifs is 1. The van der Waals surface area contributed by atoms with E-state index in [-0.39, 0.29) is 0 Å². The van der Waals surface area contributed by atoms with Gasteiger partial charge in [0, 0.05) is 10.4 Å². The lowest BCUT2D eigenvalue weighted by molar-refractivity contribution is 0.748. The highest BCUT2D eigenvalue weighted by atomic mass is 35.5. The predicted octanol–water partition coefficient (Wildman–Crippen LogP) is 6.14. The minimum Gasteiger partial charge on any atom is -0.352 e. The first-order chi connectivity index (χ1) is 10.6. The molecule has 0 saturated heterocycles. The normalized spacial score (nSPS) is 11.5. The maximum absolute atomic E-state index is 6.34. The van der Waals surface area contributed by atoms with Crippen LogP contribution in [0, 0.1) is 0 Å². The SMILES string of the molecule is NCCCCc1c(-c2ccc(Cl)s2)[nH]c2c(Cl)cc(Cl)cc12. The average molecular weight is 374 g/mol. The molecule has 116 valence electrons. The fourth-order valence-corrected chi connectivity index (χ4v) is 4.25. The van der Waals surface area contributed by atoms with Crippen molar-refractivity contribution >= 4 is 57.0 Å². The molecule has 0 amide bonds. The van der Waals surface area contributed by atoms with E-state index in [1.807, 2.05) is 18.2 Å². The lowest BCUT2D eigenvalue weighted by atomic mass is 10.0. The Morgan fingerprint density at radius 1 is 1.09 bits per heavy atom. The van der Waals surface area contributed by atoms with Gasteiger partial charge in [-0.3, -0.25) is 0 Å². The number of halogens is 3. The number of rotatable bonds is 5. The summed E-state index contributed by atoms with van der Waals surface area (Å²) in [4.78, 5) is 4.55. The molecule has 3 N–H and O–H groups in total. The van der Waals surface area contributed by atoms with Crippen LogP contribution in [-0.2, 0) is 6.42 Å². The summed E-state index contributed by atoms with van der Waals surface area (Å²) in [5.74, 6) is 0. The van der Waals surface area contributed by atoms with Gasteiger partial charge in [-0.1, -0.05) is 34.8 Å². The van der Waals surface area contributed by atoms with Gasteiger partial charge in [-0.05, 0) is 55.6 Å². The van der Waals surface area contributed by atoms with Gasteiger partial charge < -0.3 is 10.7 Å². The summed E-state index contributed by atoms with van der Waals surface area (Å²) in [5.41, 5.74) is 8.85. The third kappa shape index (κ3) is 3.15. The molecule has 2 nitrogen and oxygen atoms in total. The van der Waals surface area contributed by atoms with Crippen molar-refractivity contribution in [2.75, 3.05) is 6.54 Å². The van der Waals surface area contributed by atoms with E-state index in [0.717, 1.165) is 45.1 Å². The number of thiophene rings is 1. The Labute approximate surface area is 148 Å². The van der Waals surface area contributed by atoms with Crippen molar-refractivity contribution in [2.24, 2.45) is 5.73 Å². The molecule has 22 heavy (non-hydrogen) atoms. The first-order valence-electron chi connectivity index (χ1n) is 7.05. The zero-order valence-corrected chi connectivity index (χ0v) is 14.8. The second-order valence-corrected chi connectivity index (χ2v) is 7.70. The van der Waals surface area contributed by atoms with E-state index in [2.05, 4.69) is 4.98 Å². The Bertz CT molecular complexity index is 807. The summed E-state index contributed by atoms with van der Waals surface area (Å²) < 4.78 is 0.769.